The van der Waals surface area contributed by atoms with Crippen LogP contribution in [0, 0.1) is 0 Å². The summed E-state index contributed by atoms with van der Waals surface area (Å²) in [4.78, 5) is 0. The van der Waals surface area contributed by atoms with Crippen LogP contribution in [0.15, 0.2) is 30.6 Å². The topological polar surface area (TPSA) is 13.6 Å². The zero-order valence-corrected chi connectivity index (χ0v) is 10.4. The summed E-state index contributed by atoms with van der Waals surface area (Å²) in [6.07, 6.45) is 5.29. The first-order chi connectivity index (χ1) is 7.58. The van der Waals surface area contributed by atoms with Crippen molar-refractivity contribution in [2.75, 3.05) is 7.11 Å². The molecule has 0 saturated heterocycles. The van der Waals surface area contributed by atoms with Crippen molar-refractivity contribution in [3.05, 3.63) is 36.2 Å². The number of hydrogen-bond acceptors (Lipinski definition) is 1. The first-order valence-corrected chi connectivity index (χ1v) is 5.73. The lowest BCUT2D eigenvalue weighted by atomic mass is 9.83. The van der Waals surface area contributed by atoms with Crippen molar-refractivity contribution in [1.29, 1.82) is 0 Å². The van der Waals surface area contributed by atoms with Gasteiger partial charge >= 0.3 is 0 Å². The highest BCUT2D eigenvalue weighted by Gasteiger charge is 2.21. The fraction of sp³-hybridized carbons (Fsp3) is 0.429. The van der Waals surface area contributed by atoms with E-state index in [0.717, 1.165) is 12.2 Å². The highest BCUT2D eigenvalue weighted by Crippen LogP contribution is 2.32. The van der Waals surface area contributed by atoms with Crippen LogP contribution in [-0.2, 0) is 5.41 Å². The molecule has 0 aliphatic heterocycles. The molecule has 2 aromatic heterocycles. The van der Waals surface area contributed by atoms with Gasteiger partial charge in [-0.05, 0) is 29.5 Å². The van der Waals surface area contributed by atoms with E-state index in [1.165, 1.54) is 11.1 Å². The molecule has 0 aromatic carbocycles. The van der Waals surface area contributed by atoms with Crippen molar-refractivity contribution in [3.63, 3.8) is 0 Å². The predicted octanol–water partition coefficient (Wildman–Crippen LogP) is 3.64. The molecule has 0 saturated carbocycles. The van der Waals surface area contributed by atoms with Crippen molar-refractivity contribution in [2.45, 2.75) is 32.6 Å². The van der Waals surface area contributed by atoms with Crippen LogP contribution < -0.4 is 4.74 Å². The van der Waals surface area contributed by atoms with Gasteiger partial charge in [-0.1, -0.05) is 20.8 Å². The Kier molecular flexibility index (Phi) is 2.66. The Balaban J connectivity index is 2.62. The maximum absolute atomic E-state index is 5.28. The van der Waals surface area contributed by atoms with E-state index in [1.807, 2.05) is 12.3 Å². The van der Waals surface area contributed by atoms with Gasteiger partial charge in [0.15, 0.2) is 0 Å². The molecule has 0 bridgehead atoms. The number of nitrogens with zero attached hydrogens (tertiary/aromatic N) is 1. The van der Waals surface area contributed by atoms with Crippen molar-refractivity contribution >= 4 is 5.52 Å². The molecule has 0 fully saturated rings. The van der Waals surface area contributed by atoms with Gasteiger partial charge in [-0.2, -0.15) is 0 Å². The summed E-state index contributed by atoms with van der Waals surface area (Å²) in [7, 11) is 1.71. The summed E-state index contributed by atoms with van der Waals surface area (Å²) >= 11 is 0. The average molecular weight is 217 g/mol. The summed E-state index contributed by atoms with van der Waals surface area (Å²) in [6, 6.07) is 6.29. The molecule has 0 aliphatic carbocycles. The van der Waals surface area contributed by atoms with Gasteiger partial charge in [-0.25, -0.2) is 0 Å². The fourth-order valence-corrected chi connectivity index (χ4v) is 1.97. The van der Waals surface area contributed by atoms with Gasteiger partial charge in [0, 0.05) is 18.5 Å². The van der Waals surface area contributed by atoms with Gasteiger partial charge < -0.3 is 9.14 Å². The molecular weight excluding hydrogens is 198 g/mol. The van der Waals surface area contributed by atoms with E-state index in [-0.39, 0.29) is 5.41 Å². The summed E-state index contributed by atoms with van der Waals surface area (Å²) < 4.78 is 7.43. The third-order valence-electron chi connectivity index (χ3n) is 3.48. The SMILES string of the molecule is CCC(C)(C)c1ccn2ccc(OC)cc12. The largest absolute Gasteiger partial charge is 0.497 e. The van der Waals surface area contributed by atoms with Gasteiger partial charge in [-0.3, -0.25) is 0 Å². The second-order valence-electron chi connectivity index (χ2n) is 4.83. The van der Waals surface area contributed by atoms with E-state index >= 15 is 0 Å². The van der Waals surface area contributed by atoms with Gasteiger partial charge in [-0.15, -0.1) is 0 Å². The standard InChI is InChI=1S/C14H19NO/c1-5-14(2,3)12-7-9-15-8-6-11(16-4)10-13(12)15/h6-10H,5H2,1-4H3. The van der Waals surface area contributed by atoms with Gasteiger partial charge in [0.1, 0.15) is 5.75 Å². The van der Waals surface area contributed by atoms with Crippen molar-refractivity contribution in [3.8, 4) is 5.75 Å². The van der Waals surface area contributed by atoms with E-state index in [1.54, 1.807) is 7.11 Å². The van der Waals surface area contributed by atoms with E-state index in [9.17, 15) is 0 Å². The number of fused-ring (bicyclic) bond motifs is 1. The highest BCUT2D eigenvalue weighted by atomic mass is 16.5. The molecule has 0 spiro atoms. The zero-order valence-electron chi connectivity index (χ0n) is 10.4. The lowest BCUT2D eigenvalue weighted by molar-refractivity contribution is 0.414. The summed E-state index contributed by atoms with van der Waals surface area (Å²) in [6.45, 7) is 6.79. The van der Waals surface area contributed by atoms with Crippen molar-refractivity contribution < 1.29 is 4.74 Å². The minimum atomic E-state index is 0.209. The zero-order chi connectivity index (χ0) is 11.8. The Morgan fingerprint density at radius 1 is 1.25 bits per heavy atom. The van der Waals surface area contributed by atoms with E-state index in [0.29, 0.717) is 0 Å². The van der Waals surface area contributed by atoms with Crippen LogP contribution in [0.5, 0.6) is 5.75 Å². The van der Waals surface area contributed by atoms with Crippen LogP contribution in [0.4, 0.5) is 0 Å². The Morgan fingerprint density at radius 2 is 1.94 bits per heavy atom. The lowest BCUT2D eigenvalue weighted by Crippen LogP contribution is -2.14. The molecule has 0 aliphatic rings. The maximum Gasteiger partial charge on any atom is 0.122 e. The average Bonchev–Trinajstić information content (AvgIpc) is 2.72. The van der Waals surface area contributed by atoms with Crippen LogP contribution in [0.25, 0.3) is 5.52 Å². The lowest BCUT2D eigenvalue weighted by Gasteiger charge is -2.22. The number of hydrogen-bond donors (Lipinski definition) is 0. The number of aromatic nitrogens is 1. The van der Waals surface area contributed by atoms with Crippen LogP contribution in [0.3, 0.4) is 0 Å². The number of ether oxygens (including phenoxy) is 1. The smallest absolute Gasteiger partial charge is 0.122 e. The number of rotatable bonds is 3. The third-order valence-corrected chi connectivity index (χ3v) is 3.48. The molecule has 2 heterocycles. The molecule has 2 rings (SSSR count). The van der Waals surface area contributed by atoms with Gasteiger partial charge in [0.2, 0.25) is 0 Å². The Labute approximate surface area is 96.9 Å². The second kappa shape index (κ2) is 3.85. The monoisotopic (exact) mass is 217 g/mol. The van der Waals surface area contributed by atoms with Crippen LogP contribution in [0.2, 0.25) is 0 Å². The maximum atomic E-state index is 5.28. The van der Waals surface area contributed by atoms with E-state index < -0.39 is 0 Å². The highest BCUT2D eigenvalue weighted by molar-refractivity contribution is 5.61. The molecule has 0 amide bonds. The molecule has 2 nitrogen and oxygen atoms in total. The van der Waals surface area contributed by atoms with Crippen molar-refractivity contribution in [2.24, 2.45) is 0 Å². The molecule has 2 heteroatoms. The third kappa shape index (κ3) is 1.69. The first kappa shape index (κ1) is 11.1. The molecule has 16 heavy (non-hydrogen) atoms. The molecule has 0 atom stereocenters. The number of pyridine rings is 1. The molecule has 86 valence electrons. The summed E-state index contributed by atoms with van der Waals surface area (Å²) in [5.41, 5.74) is 2.83. The van der Waals surface area contributed by atoms with E-state index in [2.05, 4.69) is 43.5 Å². The first-order valence-electron chi connectivity index (χ1n) is 5.73. The van der Waals surface area contributed by atoms with Crippen LogP contribution in [-0.4, -0.2) is 11.5 Å². The Morgan fingerprint density at radius 3 is 2.56 bits per heavy atom. The van der Waals surface area contributed by atoms with Crippen LogP contribution in [0.1, 0.15) is 32.8 Å². The fourth-order valence-electron chi connectivity index (χ4n) is 1.97. The minimum absolute atomic E-state index is 0.209. The quantitative estimate of drug-likeness (QED) is 0.765. The van der Waals surface area contributed by atoms with E-state index in [4.69, 9.17) is 4.74 Å². The Bertz CT molecular complexity index is 496. The predicted molar refractivity (Wildman–Crippen MR) is 67.3 cm³/mol. The summed E-state index contributed by atoms with van der Waals surface area (Å²) in [5.74, 6) is 0.916. The Hall–Kier alpha value is -1.44. The minimum Gasteiger partial charge on any atom is -0.497 e. The number of methoxy groups -OCH3 is 1. The van der Waals surface area contributed by atoms with Gasteiger partial charge in [0.05, 0.1) is 12.6 Å². The molecule has 2 aromatic rings. The normalized spacial score (nSPS) is 12.0. The molecule has 0 radical (unpaired) electrons. The molecular formula is C14H19NO. The summed E-state index contributed by atoms with van der Waals surface area (Å²) in [5, 5.41) is 0. The van der Waals surface area contributed by atoms with Gasteiger partial charge in [0.25, 0.3) is 0 Å². The van der Waals surface area contributed by atoms with Crippen molar-refractivity contribution in [1.82, 2.24) is 4.40 Å². The second-order valence-corrected chi connectivity index (χ2v) is 4.83. The molecule has 0 N–H and O–H groups in total. The van der Waals surface area contributed by atoms with Crippen LogP contribution >= 0.6 is 0 Å². The molecule has 0 unspecified atom stereocenters.